The fraction of sp³-hybridized carbons (Fsp3) is 0.652. The molecule has 0 bridgehead atoms. The number of nitrogens with zero attached hydrogens (tertiary/aromatic N) is 2. The van der Waals surface area contributed by atoms with Gasteiger partial charge in [0.05, 0.1) is 31.5 Å². The van der Waals surface area contributed by atoms with Crippen LogP contribution in [0.1, 0.15) is 33.1 Å². The Balaban J connectivity index is 1.50. The van der Waals surface area contributed by atoms with E-state index in [1.165, 1.54) is 20.6 Å². The van der Waals surface area contributed by atoms with Crippen LogP contribution < -0.4 is 14.8 Å². The van der Waals surface area contributed by atoms with Gasteiger partial charge in [-0.1, -0.05) is 25.4 Å². The monoisotopic (exact) mass is 451 g/mol. The molecule has 3 rings (SSSR count). The molecular formula is C23H34ClN3O4. The summed E-state index contributed by atoms with van der Waals surface area (Å²) in [5, 5.41) is 3.28. The molecule has 2 heterocycles. The van der Waals surface area contributed by atoms with Crippen molar-refractivity contribution in [2.75, 3.05) is 52.3 Å². The van der Waals surface area contributed by atoms with Crippen LogP contribution in [0.15, 0.2) is 12.1 Å². The second-order valence-corrected chi connectivity index (χ2v) is 9.38. The van der Waals surface area contributed by atoms with Gasteiger partial charge >= 0.3 is 0 Å². The lowest BCUT2D eigenvalue weighted by molar-refractivity contribution is -0.139. The Morgan fingerprint density at radius 1 is 1.06 bits per heavy atom. The highest BCUT2D eigenvalue weighted by molar-refractivity contribution is 6.32. The SMILES string of the molecule is COc1cc(OC)c(NC(=O)CN2CCC(C(=O)N3CC(C)CC(C)C3)CC2)cc1Cl. The molecule has 172 valence electrons. The summed E-state index contributed by atoms with van der Waals surface area (Å²) in [7, 11) is 3.06. The third kappa shape index (κ3) is 6.04. The molecule has 7 nitrogen and oxygen atoms in total. The number of carbonyl (C=O) groups excluding carboxylic acids is 2. The van der Waals surface area contributed by atoms with Gasteiger partial charge in [0.1, 0.15) is 11.5 Å². The molecule has 2 unspecified atom stereocenters. The summed E-state index contributed by atoms with van der Waals surface area (Å²) < 4.78 is 10.5. The second kappa shape index (κ2) is 10.6. The van der Waals surface area contributed by atoms with Crippen molar-refractivity contribution < 1.29 is 19.1 Å². The van der Waals surface area contributed by atoms with Crippen molar-refractivity contribution >= 4 is 29.1 Å². The van der Waals surface area contributed by atoms with Crippen molar-refractivity contribution in [3.8, 4) is 11.5 Å². The van der Waals surface area contributed by atoms with Crippen LogP contribution in [0.2, 0.25) is 5.02 Å². The molecule has 0 aromatic heterocycles. The Bertz CT molecular complexity index is 785. The smallest absolute Gasteiger partial charge is 0.238 e. The minimum absolute atomic E-state index is 0.0669. The molecule has 2 amide bonds. The zero-order chi connectivity index (χ0) is 22.5. The molecule has 0 radical (unpaired) electrons. The van der Waals surface area contributed by atoms with Gasteiger partial charge in [-0.3, -0.25) is 14.5 Å². The molecule has 1 N–H and O–H groups in total. The summed E-state index contributed by atoms with van der Waals surface area (Å²) in [6, 6.07) is 3.28. The van der Waals surface area contributed by atoms with E-state index < -0.39 is 0 Å². The molecule has 2 aliphatic rings. The van der Waals surface area contributed by atoms with Gasteiger partial charge < -0.3 is 19.7 Å². The van der Waals surface area contributed by atoms with E-state index in [0.717, 1.165) is 39.0 Å². The lowest BCUT2D eigenvalue weighted by Crippen LogP contribution is -2.48. The van der Waals surface area contributed by atoms with E-state index in [1.54, 1.807) is 12.1 Å². The minimum atomic E-state index is -0.136. The quantitative estimate of drug-likeness (QED) is 0.716. The molecular weight excluding hydrogens is 418 g/mol. The fourth-order valence-corrected chi connectivity index (χ4v) is 5.03. The zero-order valence-corrected chi connectivity index (χ0v) is 19.7. The van der Waals surface area contributed by atoms with E-state index in [-0.39, 0.29) is 18.4 Å². The Morgan fingerprint density at radius 2 is 1.68 bits per heavy atom. The number of nitrogens with one attached hydrogen (secondary N) is 1. The Morgan fingerprint density at radius 3 is 2.26 bits per heavy atom. The Hall–Kier alpha value is -1.99. The Labute approximate surface area is 190 Å². The number of rotatable bonds is 6. The number of benzene rings is 1. The molecule has 2 aliphatic heterocycles. The first-order valence-electron chi connectivity index (χ1n) is 11.0. The van der Waals surface area contributed by atoms with Crippen LogP contribution in [0.5, 0.6) is 11.5 Å². The number of ether oxygens (including phenoxy) is 2. The number of likely N-dealkylation sites (tertiary alicyclic amines) is 2. The molecule has 2 saturated heterocycles. The molecule has 0 aliphatic carbocycles. The first-order chi connectivity index (χ1) is 14.8. The van der Waals surface area contributed by atoms with Crippen LogP contribution in [0, 0.1) is 17.8 Å². The number of anilines is 1. The van der Waals surface area contributed by atoms with Gasteiger partial charge in [0.15, 0.2) is 0 Å². The molecule has 0 saturated carbocycles. The van der Waals surface area contributed by atoms with E-state index >= 15 is 0 Å². The average molecular weight is 452 g/mol. The van der Waals surface area contributed by atoms with E-state index in [9.17, 15) is 9.59 Å². The zero-order valence-electron chi connectivity index (χ0n) is 18.9. The first kappa shape index (κ1) is 23.7. The van der Waals surface area contributed by atoms with Crippen LogP contribution in [0.4, 0.5) is 5.69 Å². The summed E-state index contributed by atoms with van der Waals surface area (Å²) in [6.07, 6.45) is 2.79. The second-order valence-electron chi connectivity index (χ2n) is 8.97. The molecule has 8 heteroatoms. The van der Waals surface area contributed by atoms with Crippen molar-refractivity contribution in [2.24, 2.45) is 17.8 Å². The summed E-state index contributed by atoms with van der Waals surface area (Å²) in [5.41, 5.74) is 0.511. The number of hydrogen-bond donors (Lipinski definition) is 1. The lowest BCUT2D eigenvalue weighted by atomic mass is 9.89. The van der Waals surface area contributed by atoms with Gasteiger partial charge in [-0.25, -0.2) is 0 Å². The van der Waals surface area contributed by atoms with Crippen molar-refractivity contribution in [3.05, 3.63) is 17.2 Å². The minimum Gasteiger partial charge on any atom is -0.495 e. The van der Waals surface area contributed by atoms with Gasteiger partial charge in [0.2, 0.25) is 11.8 Å². The third-order valence-electron chi connectivity index (χ3n) is 6.23. The Kier molecular flexibility index (Phi) is 8.06. The van der Waals surface area contributed by atoms with Gasteiger partial charge in [0, 0.05) is 25.1 Å². The summed E-state index contributed by atoms with van der Waals surface area (Å²) >= 11 is 6.18. The number of piperidine rings is 2. The van der Waals surface area contributed by atoms with E-state index in [2.05, 4.69) is 29.0 Å². The number of carbonyl (C=O) groups is 2. The van der Waals surface area contributed by atoms with Crippen LogP contribution in [0.25, 0.3) is 0 Å². The number of halogens is 1. The molecule has 2 atom stereocenters. The molecule has 31 heavy (non-hydrogen) atoms. The van der Waals surface area contributed by atoms with Crippen LogP contribution in [-0.4, -0.2) is 68.6 Å². The predicted octanol–water partition coefficient (Wildman–Crippen LogP) is 3.51. The van der Waals surface area contributed by atoms with Crippen molar-refractivity contribution in [3.63, 3.8) is 0 Å². The largest absolute Gasteiger partial charge is 0.495 e. The van der Waals surface area contributed by atoms with Crippen LogP contribution in [0.3, 0.4) is 0 Å². The maximum absolute atomic E-state index is 13.0. The normalized spacial score (nSPS) is 22.8. The highest BCUT2D eigenvalue weighted by Crippen LogP contribution is 2.36. The van der Waals surface area contributed by atoms with E-state index in [1.807, 2.05) is 0 Å². The summed E-state index contributed by atoms with van der Waals surface area (Å²) in [4.78, 5) is 29.7. The third-order valence-corrected chi connectivity index (χ3v) is 6.53. The predicted molar refractivity (Wildman–Crippen MR) is 122 cm³/mol. The fourth-order valence-electron chi connectivity index (χ4n) is 4.79. The van der Waals surface area contributed by atoms with E-state index in [4.69, 9.17) is 21.1 Å². The maximum atomic E-state index is 13.0. The standard InChI is InChI=1S/C23H34ClN3O4/c1-15-9-16(2)13-27(12-15)23(29)17-5-7-26(8-6-17)14-22(28)25-19-10-18(24)20(30-3)11-21(19)31-4/h10-11,15-17H,5-9,12-14H2,1-4H3,(H,25,28). The highest BCUT2D eigenvalue weighted by Gasteiger charge is 2.32. The van der Waals surface area contributed by atoms with Gasteiger partial charge in [-0.2, -0.15) is 0 Å². The summed E-state index contributed by atoms with van der Waals surface area (Å²) in [5.74, 6) is 2.34. The molecule has 1 aromatic carbocycles. The maximum Gasteiger partial charge on any atom is 0.238 e. The van der Waals surface area contributed by atoms with Gasteiger partial charge in [-0.15, -0.1) is 0 Å². The number of hydrogen-bond acceptors (Lipinski definition) is 5. The van der Waals surface area contributed by atoms with E-state index in [0.29, 0.717) is 40.0 Å². The molecule has 2 fully saturated rings. The number of amides is 2. The van der Waals surface area contributed by atoms with Gasteiger partial charge in [-0.05, 0) is 50.3 Å². The van der Waals surface area contributed by atoms with Crippen molar-refractivity contribution in [2.45, 2.75) is 33.1 Å². The van der Waals surface area contributed by atoms with Crippen LogP contribution in [-0.2, 0) is 9.59 Å². The number of methoxy groups -OCH3 is 2. The first-order valence-corrected chi connectivity index (χ1v) is 11.4. The summed E-state index contributed by atoms with van der Waals surface area (Å²) in [6.45, 7) is 7.94. The highest BCUT2D eigenvalue weighted by atomic mass is 35.5. The average Bonchev–Trinajstić information content (AvgIpc) is 2.73. The lowest BCUT2D eigenvalue weighted by Gasteiger charge is -2.39. The molecule has 0 spiro atoms. The van der Waals surface area contributed by atoms with Crippen molar-refractivity contribution in [1.29, 1.82) is 0 Å². The van der Waals surface area contributed by atoms with Crippen molar-refractivity contribution in [1.82, 2.24) is 9.80 Å². The van der Waals surface area contributed by atoms with Gasteiger partial charge in [0.25, 0.3) is 0 Å². The topological polar surface area (TPSA) is 71.1 Å². The molecule has 1 aromatic rings. The van der Waals surface area contributed by atoms with Crippen LogP contribution >= 0.6 is 11.6 Å².